The minimum absolute atomic E-state index is 0. The van der Waals surface area contributed by atoms with E-state index >= 15 is 0 Å². The van der Waals surface area contributed by atoms with Crippen LogP contribution >= 0.6 is 24.0 Å². The van der Waals surface area contributed by atoms with Gasteiger partial charge in [-0.1, -0.05) is 11.6 Å². The number of pyridine rings is 1. The molecule has 1 aromatic carbocycles. The van der Waals surface area contributed by atoms with Crippen molar-refractivity contribution in [3.63, 3.8) is 0 Å². The van der Waals surface area contributed by atoms with E-state index in [0.717, 1.165) is 31.9 Å². The zero-order valence-corrected chi connectivity index (χ0v) is 13.4. The molecule has 0 atom stereocenters. The molecule has 0 bridgehead atoms. The van der Waals surface area contributed by atoms with Crippen molar-refractivity contribution in [1.29, 1.82) is 0 Å². The van der Waals surface area contributed by atoms with Crippen molar-refractivity contribution < 1.29 is 17.9 Å². The van der Waals surface area contributed by atoms with Gasteiger partial charge in [-0.15, -0.1) is 25.6 Å². The van der Waals surface area contributed by atoms with Crippen molar-refractivity contribution in [2.45, 2.75) is 6.36 Å². The number of anilines is 1. The standard InChI is InChI=1S/C14H13ClF3N3O.ClH/c15-11-8-20-12-7-9(22-14(16,17)18)1-2-10(12)13(11)21-5-3-19-4-6-21;/h1-2,7-8,19H,3-6H2;1H. The lowest BCUT2D eigenvalue weighted by atomic mass is 10.1. The van der Waals surface area contributed by atoms with Crippen molar-refractivity contribution in [2.75, 3.05) is 31.1 Å². The van der Waals surface area contributed by atoms with E-state index in [2.05, 4.69) is 19.9 Å². The van der Waals surface area contributed by atoms with Crippen LogP contribution in [0.5, 0.6) is 5.75 Å². The summed E-state index contributed by atoms with van der Waals surface area (Å²) < 4.78 is 40.8. The molecule has 0 amide bonds. The second kappa shape index (κ2) is 6.98. The number of alkyl halides is 3. The topological polar surface area (TPSA) is 37.4 Å². The van der Waals surface area contributed by atoms with Gasteiger partial charge in [0.05, 0.1) is 16.2 Å². The second-order valence-electron chi connectivity index (χ2n) is 4.92. The van der Waals surface area contributed by atoms with E-state index in [-0.39, 0.29) is 18.2 Å². The zero-order chi connectivity index (χ0) is 15.7. The molecule has 1 aliphatic heterocycles. The summed E-state index contributed by atoms with van der Waals surface area (Å²) in [6.45, 7) is 3.21. The van der Waals surface area contributed by atoms with Crippen LogP contribution in [0, 0.1) is 0 Å². The Bertz CT molecular complexity index is 691. The van der Waals surface area contributed by atoms with E-state index in [1.165, 1.54) is 18.3 Å². The molecule has 9 heteroatoms. The Morgan fingerprint density at radius 1 is 1.22 bits per heavy atom. The molecule has 23 heavy (non-hydrogen) atoms. The number of ether oxygens (including phenoxy) is 1. The summed E-state index contributed by atoms with van der Waals surface area (Å²) in [7, 11) is 0. The van der Waals surface area contributed by atoms with Gasteiger partial charge in [-0.25, -0.2) is 0 Å². The molecule has 1 aromatic heterocycles. The molecule has 2 aromatic rings. The van der Waals surface area contributed by atoms with Gasteiger partial charge in [0.25, 0.3) is 0 Å². The molecule has 0 spiro atoms. The molecule has 0 radical (unpaired) electrons. The lowest BCUT2D eigenvalue weighted by Gasteiger charge is -2.31. The smallest absolute Gasteiger partial charge is 0.406 e. The molecule has 1 saturated heterocycles. The summed E-state index contributed by atoms with van der Waals surface area (Å²) >= 11 is 6.25. The van der Waals surface area contributed by atoms with Crippen LogP contribution in [0.3, 0.4) is 0 Å². The lowest BCUT2D eigenvalue weighted by molar-refractivity contribution is -0.274. The van der Waals surface area contributed by atoms with Crippen LogP contribution in [0.4, 0.5) is 18.9 Å². The van der Waals surface area contributed by atoms with E-state index in [1.54, 1.807) is 6.07 Å². The number of nitrogens with one attached hydrogen (secondary N) is 1. The Labute approximate surface area is 142 Å². The molecule has 1 aliphatic rings. The Kier molecular flexibility index (Phi) is 5.44. The summed E-state index contributed by atoms with van der Waals surface area (Å²) in [4.78, 5) is 6.21. The summed E-state index contributed by atoms with van der Waals surface area (Å²) in [6, 6.07) is 4.11. The Balaban J connectivity index is 0.00000192. The average molecular weight is 368 g/mol. The van der Waals surface area contributed by atoms with E-state index < -0.39 is 6.36 Å². The third-order valence-electron chi connectivity index (χ3n) is 3.43. The van der Waals surface area contributed by atoms with Crippen molar-refractivity contribution in [3.8, 4) is 5.75 Å². The third-order valence-corrected chi connectivity index (χ3v) is 3.71. The predicted octanol–water partition coefficient (Wildman–Crippen LogP) is 3.62. The molecule has 126 valence electrons. The maximum absolute atomic E-state index is 12.3. The molecule has 4 nitrogen and oxygen atoms in total. The van der Waals surface area contributed by atoms with Crippen LogP contribution in [0.15, 0.2) is 24.4 Å². The number of benzene rings is 1. The number of fused-ring (bicyclic) bond motifs is 1. The minimum Gasteiger partial charge on any atom is -0.406 e. The second-order valence-corrected chi connectivity index (χ2v) is 5.33. The van der Waals surface area contributed by atoms with Crippen LogP contribution in [-0.2, 0) is 0 Å². The molecule has 3 rings (SSSR count). The number of halogens is 5. The van der Waals surface area contributed by atoms with Gasteiger partial charge < -0.3 is 15.0 Å². The van der Waals surface area contributed by atoms with Gasteiger partial charge in [-0.3, -0.25) is 4.98 Å². The van der Waals surface area contributed by atoms with E-state index in [9.17, 15) is 13.2 Å². The minimum atomic E-state index is -4.72. The first-order valence-electron chi connectivity index (χ1n) is 6.74. The quantitative estimate of drug-likeness (QED) is 0.879. The third kappa shape index (κ3) is 4.10. The predicted molar refractivity (Wildman–Crippen MR) is 85.8 cm³/mol. The summed E-state index contributed by atoms with van der Waals surface area (Å²) in [5, 5.41) is 4.44. The van der Waals surface area contributed by atoms with Crippen LogP contribution < -0.4 is 15.0 Å². The van der Waals surface area contributed by atoms with Gasteiger partial charge in [-0.05, 0) is 12.1 Å². The zero-order valence-electron chi connectivity index (χ0n) is 11.9. The first-order chi connectivity index (χ1) is 10.4. The first kappa shape index (κ1) is 17.9. The summed E-state index contributed by atoms with van der Waals surface area (Å²) in [6.07, 6.45) is -3.26. The first-order valence-corrected chi connectivity index (χ1v) is 7.11. The van der Waals surface area contributed by atoms with E-state index in [4.69, 9.17) is 11.6 Å². The highest BCUT2D eigenvalue weighted by Gasteiger charge is 2.31. The van der Waals surface area contributed by atoms with Crippen molar-refractivity contribution in [1.82, 2.24) is 10.3 Å². The molecule has 0 aliphatic carbocycles. The monoisotopic (exact) mass is 367 g/mol. The number of nitrogens with zero attached hydrogens (tertiary/aromatic N) is 2. The number of aromatic nitrogens is 1. The van der Waals surface area contributed by atoms with E-state index in [1.807, 2.05) is 0 Å². The fourth-order valence-electron chi connectivity index (χ4n) is 2.54. The molecule has 2 heterocycles. The van der Waals surface area contributed by atoms with Gasteiger partial charge in [-0.2, -0.15) is 0 Å². The van der Waals surface area contributed by atoms with Crippen LogP contribution in [0.2, 0.25) is 5.02 Å². The fraction of sp³-hybridized carbons (Fsp3) is 0.357. The molecule has 0 unspecified atom stereocenters. The summed E-state index contributed by atoms with van der Waals surface area (Å²) in [5.41, 5.74) is 1.21. The van der Waals surface area contributed by atoms with Gasteiger partial charge >= 0.3 is 6.36 Å². The molecule has 0 saturated carbocycles. The Hall–Kier alpha value is -1.44. The van der Waals surface area contributed by atoms with Crippen molar-refractivity contribution >= 4 is 40.6 Å². The average Bonchev–Trinajstić information content (AvgIpc) is 2.46. The van der Waals surface area contributed by atoms with Crippen LogP contribution in [-0.4, -0.2) is 37.5 Å². The largest absolute Gasteiger partial charge is 0.573 e. The number of piperazine rings is 1. The van der Waals surface area contributed by atoms with Gasteiger partial charge in [0.1, 0.15) is 5.75 Å². The maximum atomic E-state index is 12.3. The van der Waals surface area contributed by atoms with Crippen molar-refractivity contribution in [2.24, 2.45) is 0 Å². The lowest BCUT2D eigenvalue weighted by Crippen LogP contribution is -2.43. The number of hydrogen-bond acceptors (Lipinski definition) is 4. The van der Waals surface area contributed by atoms with Crippen LogP contribution in [0.25, 0.3) is 10.9 Å². The number of hydrogen-bond donors (Lipinski definition) is 1. The normalized spacial score (nSPS) is 15.4. The number of rotatable bonds is 2. The Morgan fingerprint density at radius 2 is 1.91 bits per heavy atom. The molecule has 1 fully saturated rings. The highest BCUT2D eigenvalue weighted by molar-refractivity contribution is 6.34. The molecular weight excluding hydrogens is 354 g/mol. The van der Waals surface area contributed by atoms with Crippen LogP contribution in [0.1, 0.15) is 0 Å². The maximum Gasteiger partial charge on any atom is 0.573 e. The van der Waals surface area contributed by atoms with Gasteiger partial charge in [0.15, 0.2) is 0 Å². The highest BCUT2D eigenvalue weighted by Crippen LogP contribution is 2.35. The van der Waals surface area contributed by atoms with Crippen molar-refractivity contribution in [3.05, 3.63) is 29.4 Å². The Morgan fingerprint density at radius 3 is 2.57 bits per heavy atom. The molecular formula is C14H14Cl2F3N3O. The SMILES string of the molecule is Cl.FC(F)(F)Oc1ccc2c(N3CCNCC3)c(Cl)cnc2c1. The fourth-order valence-corrected chi connectivity index (χ4v) is 2.81. The summed E-state index contributed by atoms with van der Waals surface area (Å²) in [5.74, 6) is -0.291. The highest BCUT2D eigenvalue weighted by atomic mass is 35.5. The van der Waals surface area contributed by atoms with Gasteiger partial charge in [0.2, 0.25) is 0 Å². The van der Waals surface area contributed by atoms with Gasteiger partial charge in [0, 0.05) is 43.8 Å². The van der Waals surface area contributed by atoms with E-state index in [0.29, 0.717) is 15.9 Å². The molecule has 1 N–H and O–H groups in total.